The Morgan fingerprint density at radius 3 is 1.85 bits per heavy atom. The molecule has 0 saturated carbocycles. The molecule has 2 amide bonds. The van der Waals surface area contributed by atoms with Gasteiger partial charge in [0.1, 0.15) is 11.2 Å². The van der Waals surface area contributed by atoms with Crippen LogP contribution in [0.4, 0.5) is 21.0 Å². The second kappa shape index (κ2) is 8.28. The van der Waals surface area contributed by atoms with E-state index in [9.17, 15) is 14.4 Å². The van der Waals surface area contributed by atoms with Gasteiger partial charge in [-0.05, 0) is 66.7 Å². The van der Waals surface area contributed by atoms with Crippen molar-refractivity contribution in [2.24, 2.45) is 0 Å². The van der Waals surface area contributed by atoms with Crippen LogP contribution >= 0.6 is 0 Å². The van der Waals surface area contributed by atoms with Crippen molar-refractivity contribution >= 4 is 29.5 Å². The van der Waals surface area contributed by atoms with Crippen LogP contribution in [0, 0.1) is 0 Å². The molecule has 0 spiro atoms. The number of imide groups is 1. The number of carbonyl (C=O) groups excluding carboxylic acids is 3. The Hall–Kier alpha value is -2.77. The zero-order chi connectivity index (χ0) is 21.0. The van der Waals surface area contributed by atoms with Crippen LogP contribution in [0.15, 0.2) is 18.2 Å². The van der Waals surface area contributed by atoms with Gasteiger partial charge < -0.3 is 19.9 Å². The lowest BCUT2D eigenvalue weighted by Crippen LogP contribution is -2.44. The molecule has 0 atom stereocenters. The van der Waals surface area contributed by atoms with Crippen LogP contribution in [0.1, 0.15) is 58.8 Å². The molecule has 0 radical (unpaired) electrons. The maximum absolute atomic E-state index is 12.7. The van der Waals surface area contributed by atoms with Crippen LogP contribution in [0.2, 0.25) is 0 Å². The molecular weight excluding hydrogens is 352 g/mol. The molecule has 0 unspecified atom stereocenters. The van der Waals surface area contributed by atoms with E-state index in [0.29, 0.717) is 4.90 Å². The van der Waals surface area contributed by atoms with Crippen molar-refractivity contribution in [2.75, 3.05) is 17.2 Å². The number of nitrogens with zero attached hydrogens (tertiary/aromatic N) is 1. The second-order valence-corrected chi connectivity index (χ2v) is 7.79. The van der Waals surface area contributed by atoms with Crippen molar-refractivity contribution in [3.05, 3.63) is 23.8 Å². The number of anilines is 2. The highest BCUT2D eigenvalue weighted by Gasteiger charge is 2.35. The van der Waals surface area contributed by atoms with Gasteiger partial charge in [-0.2, -0.15) is 4.90 Å². The molecule has 0 bridgehead atoms. The molecule has 0 fully saturated rings. The summed E-state index contributed by atoms with van der Waals surface area (Å²) in [6, 6.07) is 4.17. The van der Waals surface area contributed by atoms with Gasteiger partial charge in [0.2, 0.25) is 0 Å². The van der Waals surface area contributed by atoms with Gasteiger partial charge in [-0.1, -0.05) is 0 Å². The molecule has 0 saturated heterocycles. The average molecular weight is 380 g/mol. The van der Waals surface area contributed by atoms with E-state index < -0.39 is 29.4 Å². The summed E-state index contributed by atoms with van der Waals surface area (Å²) in [5, 5.41) is 0. The minimum Gasteiger partial charge on any atom is -0.462 e. The van der Waals surface area contributed by atoms with E-state index in [4.69, 9.17) is 19.9 Å². The molecular formula is C19H28N2O6. The number of hydrogen-bond donors (Lipinski definition) is 1. The number of ether oxygens (including phenoxy) is 3. The van der Waals surface area contributed by atoms with Crippen LogP contribution in [0.3, 0.4) is 0 Å². The highest BCUT2D eigenvalue weighted by atomic mass is 16.6. The number of rotatable bonds is 3. The Morgan fingerprint density at radius 2 is 1.44 bits per heavy atom. The molecule has 0 aliphatic carbocycles. The number of carbonyl (C=O) groups is 3. The average Bonchev–Trinajstić information content (AvgIpc) is 2.43. The Bertz CT molecular complexity index is 688. The summed E-state index contributed by atoms with van der Waals surface area (Å²) in [7, 11) is 0. The Labute approximate surface area is 159 Å². The lowest BCUT2D eigenvalue weighted by Gasteiger charge is -2.29. The Balaban J connectivity index is 3.50. The molecule has 0 aromatic heterocycles. The normalized spacial score (nSPS) is 11.5. The topological polar surface area (TPSA) is 108 Å². The SMILES string of the molecule is CCOC(=O)c1ccc(N)cc1N(C(=O)OC(C)(C)C)C(=O)OC(C)(C)C. The van der Waals surface area contributed by atoms with E-state index in [1.54, 1.807) is 48.5 Å². The van der Waals surface area contributed by atoms with Crippen LogP contribution in [0.5, 0.6) is 0 Å². The van der Waals surface area contributed by atoms with E-state index in [-0.39, 0.29) is 23.5 Å². The smallest absolute Gasteiger partial charge is 0.424 e. The number of esters is 1. The maximum atomic E-state index is 12.7. The fourth-order valence-electron chi connectivity index (χ4n) is 2.00. The summed E-state index contributed by atoms with van der Waals surface area (Å²) in [6.07, 6.45) is -1.99. The molecule has 2 N–H and O–H groups in total. The van der Waals surface area contributed by atoms with Gasteiger partial charge in [0.05, 0.1) is 17.9 Å². The molecule has 1 aromatic rings. The minimum absolute atomic E-state index is 0.0113. The van der Waals surface area contributed by atoms with Gasteiger partial charge in [0, 0.05) is 5.69 Å². The van der Waals surface area contributed by atoms with Gasteiger partial charge in [0.25, 0.3) is 0 Å². The van der Waals surface area contributed by atoms with E-state index in [1.807, 2.05) is 0 Å². The predicted octanol–water partition coefficient (Wildman–Crippen LogP) is 4.12. The third-order valence-electron chi connectivity index (χ3n) is 2.91. The Kier molecular flexibility index (Phi) is 6.83. The summed E-state index contributed by atoms with van der Waals surface area (Å²) in [5.74, 6) is -0.704. The van der Waals surface area contributed by atoms with Crippen molar-refractivity contribution in [2.45, 2.75) is 59.7 Å². The first-order valence-electron chi connectivity index (χ1n) is 8.58. The highest BCUT2D eigenvalue weighted by molar-refractivity contribution is 6.13. The first kappa shape index (κ1) is 22.3. The van der Waals surface area contributed by atoms with E-state index in [2.05, 4.69) is 0 Å². The zero-order valence-electron chi connectivity index (χ0n) is 16.9. The quantitative estimate of drug-likeness (QED) is 0.477. The van der Waals surface area contributed by atoms with E-state index in [1.165, 1.54) is 18.2 Å². The summed E-state index contributed by atoms with van der Waals surface area (Å²) < 4.78 is 15.6. The van der Waals surface area contributed by atoms with Crippen molar-refractivity contribution < 1.29 is 28.6 Å². The number of nitrogen functional groups attached to an aromatic ring is 1. The predicted molar refractivity (Wildman–Crippen MR) is 102 cm³/mol. The second-order valence-electron chi connectivity index (χ2n) is 7.79. The van der Waals surface area contributed by atoms with Gasteiger partial charge in [0.15, 0.2) is 0 Å². The Morgan fingerprint density at radius 1 is 0.963 bits per heavy atom. The monoisotopic (exact) mass is 380 g/mol. The van der Waals surface area contributed by atoms with Crippen molar-refractivity contribution in [1.82, 2.24) is 0 Å². The van der Waals surface area contributed by atoms with Gasteiger partial charge in [-0.3, -0.25) is 0 Å². The first-order valence-corrected chi connectivity index (χ1v) is 8.58. The van der Waals surface area contributed by atoms with Crippen LogP contribution < -0.4 is 10.6 Å². The summed E-state index contributed by atoms with van der Waals surface area (Å²) in [5.41, 5.74) is 4.23. The number of amides is 2. The fraction of sp³-hybridized carbons (Fsp3) is 0.526. The summed E-state index contributed by atoms with van der Waals surface area (Å²) in [4.78, 5) is 38.4. The molecule has 150 valence electrons. The van der Waals surface area contributed by atoms with E-state index in [0.717, 1.165) is 0 Å². The third kappa shape index (κ3) is 6.80. The number of benzene rings is 1. The number of hydrogen-bond acceptors (Lipinski definition) is 7. The molecule has 8 heteroatoms. The van der Waals surface area contributed by atoms with Crippen LogP contribution in [0.25, 0.3) is 0 Å². The first-order chi connectivity index (χ1) is 12.2. The largest absolute Gasteiger partial charge is 0.462 e. The number of nitrogens with two attached hydrogens (primary N) is 1. The fourth-order valence-corrected chi connectivity index (χ4v) is 2.00. The molecule has 1 aromatic carbocycles. The lowest BCUT2D eigenvalue weighted by atomic mass is 10.1. The van der Waals surface area contributed by atoms with Gasteiger partial charge in [-0.25, -0.2) is 14.4 Å². The maximum Gasteiger partial charge on any atom is 0.424 e. The van der Waals surface area contributed by atoms with Crippen LogP contribution in [-0.2, 0) is 14.2 Å². The van der Waals surface area contributed by atoms with E-state index >= 15 is 0 Å². The molecule has 1 rings (SSSR count). The van der Waals surface area contributed by atoms with Crippen molar-refractivity contribution in [3.8, 4) is 0 Å². The zero-order valence-corrected chi connectivity index (χ0v) is 16.9. The van der Waals surface area contributed by atoms with Crippen molar-refractivity contribution in [1.29, 1.82) is 0 Å². The van der Waals surface area contributed by atoms with Gasteiger partial charge >= 0.3 is 18.2 Å². The molecule has 0 aliphatic rings. The lowest BCUT2D eigenvalue weighted by molar-refractivity contribution is 0.0430. The minimum atomic E-state index is -0.993. The van der Waals surface area contributed by atoms with Crippen LogP contribution in [-0.4, -0.2) is 36.0 Å². The molecule has 0 aliphatic heterocycles. The molecule has 0 heterocycles. The van der Waals surface area contributed by atoms with Gasteiger partial charge in [-0.15, -0.1) is 0 Å². The summed E-state index contributed by atoms with van der Waals surface area (Å²) >= 11 is 0. The third-order valence-corrected chi connectivity index (χ3v) is 2.91. The van der Waals surface area contributed by atoms with Crippen molar-refractivity contribution in [3.63, 3.8) is 0 Å². The summed E-state index contributed by atoms with van der Waals surface area (Å²) in [6.45, 7) is 11.7. The molecule has 27 heavy (non-hydrogen) atoms. The standard InChI is InChI=1S/C19H28N2O6/c1-8-25-15(22)13-10-9-12(20)11-14(13)21(16(23)26-18(2,3)4)17(24)27-19(5,6)7/h9-11H,8,20H2,1-7H3. The highest BCUT2D eigenvalue weighted by Crippen LogP contribution is 2.28. The molecule has 8 nitrogen and oxygen atoms in total.